The molecule has 0 fully saturated rings. The number of amides is 1. The topological polar surface area (TPSA) is 81.1 Å². The maximum absolute atomic E-state index is 12.2. The van der Waals surface area contributed by atoms with Crippen LogP contribution in [0.25, 0.3) is 0 Å². The van der Waals surface area contributed by atoms with Gasteiger partial charge in [0.25, 0.3) is 5.56 Å². The third-order valence-electron chi connectivity index (χ3n) is 3.14. The van der Waals surface area contributed by atoms with Gasteiger partial charge in [0.05, 0.1) is 0 Å². The first-order chi connectivity index (χ1) is 10.9. The van der Waals surface area contributed by atoms with Crippen LogP contribution in [-0.2, 0) is 11.3 Å². The first-order valence-electron chi connectivity index (χ1n) is 6.94. The van der Waals surface area contributed by atoms with Gasteiger partial charge in [-0.1, -0.05) is 23.9 Å². The van der Waals surface area contributed by atoms with E-state index in [1.54, 1.807) is 37.4 Å². The first kappa shape index (κ1) is 17.0. The van der Waals surface area contributed by atoms with Crippen LogP contribution >= 0.6 is 11.8 Å². The van der Waals surface area contributed by atoms with Crippen molar-refractivity contribution < 1.29 is 9.59 Å². The minimum atomic E-state index is -0.353. The summed E-state index contributed by atoms with van der Waals surface area (Å²) in [7, 11) is 0. The third kappa shape index (κ3) is 4.29. The maximum Gasteiger partial charge on any atom is 0.254 e. The molecule has 23 heavy (non-hydrogen) atoms. The fraction of sp³-hybridized carbons (Fsp3) is 0.250. The van der Waals surface area contributed by atoms with Gasteiger partial charge < -0.3 is 5.32 Å². The molecule has 0 aliphatic heterocycles. The highest BCUT2D eigenvalue weighted by atomic mass is 32.2. The highest BCUT2D eigenvalue weighted by Crippen LogP contribution is 2.13. The number of anilines is 1. The smallest absolute Gasteiger partial charge is 0.254 e. The van der Waals surface area contributed by atoms with Crippen LogP contribution in [0, 0.1) is 6.92 Å². The number of Topliss-reactive ketones (excluding diaryl/α,β-unsaturated/α-hetero) is 1. The Hall–Kier alpha value is -2.41. The van der Waals surface area contributed by atoms with Gasteiger partial charge in [0, 0.05) is 23.0 Å². The van der Waals surface area contributed by atoms with Crippen LogP contribution in [0.1, 0.15) is 23.0 Å². The van der Waals surface area contributed by atoms with Gasteiger partial charge in [-0.2, -0.15) is 0 Å². The summed E-state index contributed by atoms with van der Waals surface area (Å²) in [6.07, 6.45) is 1.80. The van der Waals surface area contributed by atoms with E-state index >= 15 is 0 Å². The van der Waals surface area contributed by atoms with Crippen LogP contribution in [0.5, 0.6) is 0 Å². The summed E-state index contributed by atoms with van der Waals surface area (Å²) in [6, 6.07) is 8.06. The number of hydrogen-bond donors (Lipinski definition) is 1. The van der Waals surface area contributed by atoms with Crippen LogP contribution in [0.4, 0.5) is 5.69 Å². The van der Waals surface area contributed by atoms with Crippen molar-refractivity contribution >= 4 is 29.1 Å². The van der Waals surface area contributed by atoms with Crippen molar-refractivity contribution in [3.05, 3.63) is 51.9 Å². The molecule has 0 atom stereocenters. The van der Waals surface area contributed by atoms with E-state index in [4.69, 9.17) is 0 Å². The van der Waals surface area contributed by atoms with E-state index in [-0.39, 0.29) is 23.8 Å². The average Bonchev–Trinajstić information content (AvgIpc) is 2.49. The van der Waals surface area contributed by atoms with Crippen molar-refractivity contribution in [2.75, 3.05) is 11.6 Å². The monoisotopic (exact) mass is 331 g/mol. The summed E-state index contributed by atoms with van der Waals surface area (Å²) in [4.78, 5) is 39.8. The molecule has 0 aliphatic rings. The third-order valence-corrected chi connectivity index (χ3v) is 3.82. The van der Waals surface area contributed by atoms with Gasteiger partial charge in [0.15, 0.2) is 10.9 Å². The molecule has 0 radical (unpaired) electrons. The van der Waals surface area contributed by atoms with Crippen molar-refractivity contribution in [2.45, 2.75) is 25.5 Å². The Kier molecular flexibility index (Phi) is 5.33. The molecule has 7 heteroatoms. The van der Waals surface area contributed by atoms with E-state index in [9.17, 15) is 14.4 Å². The molecule has 1 amide bonds. The predicted molar refractivity (Wildman–Crippen MR) is 90.1 cm³/mol. The van der Waals surface area contributed by atoms with Gasteiger partial charge in [-0.25, -0.2) is 4.98 Å². The molecule has 1 aromatic heterocycles. The molecule has 0 aliphatic carbocycles. The molecule has 0 unspecified atom stereocenters. The predicted octanol–water partition coefficient (Wildman–Crippen LogP) is 2.11. The summed E-state index contributed by atoms with van der Waals surface area (Å²) >= 11 is 1.31. The van der Waals surface area contributed by atoms with Crippen molar-refractivity contribution in [3.63, 3.8) is 0 Å². The number of ketones is 1. The second kappa shape index (κ2) is 7.23. The normalized spacial score (nSPS) is 10.4. The van der Waals surface area contributed by atoms with E-state index in [0.29, 0.717) is 22.1 Å². The van der Waals surface area contributed by atoms with Gasteiger partial charge in [-0.15, -0.1) is 0 Å². The van der Waals surface area contributed by atoms with E-state index in [1.165, 1.54) is 29.3 Å². The summed E-state index contributed by atoms with van der Waals surface area (Å²) in [5.74, 6) is -0.432. The number of carbonyl (C=O) groups excluding carboxylic acids is 2. The number of nitrogens with zero attached hydrogens (tertiary/aromatic N) is 2. The molecule has 1 N–H and O–H groups in total. The molecular formula is C16H17N3O3S. The summed E-state index contributed by atoms with van der Waals surface area (Å²) < 4.78 is 1.32. The molecule has 2 aromatic rings. The number of aryl methyl sites for hydroxylation is 1. The fourth-order valence-electron chi connectivity index (χ4n) is 2.06. The number of carbonyl (C=O) groups is 2. The SMILES string of the molecule is CSc1nc(C)cc(=O)n1CC(=O)Nc1cccc(C(C)=O)c1. The van der Waals surface area contributed by atoms with E-state index in [1.807, 2.05) is 0 Å². The van der Waals surface area contributed by atoms with E-state index in [0.717, 1.165) is 0 Å². The fourth-order valence-corrected chi connectivity index (χ4v) is 2.67. The number of benzene rings is 1. The Morgan fingerprint density at radius 1 is 1.30 bits per heavy atom. The van der Waals surface area contributed by atoms with Gasteiger partial charge in [-0.05, 0) is 32.2 Å². The van der Waals surface area contributed by atoms with Crippen molar-refractivity contribution in [2.24, 2.45) is 0 Å². The molecule has 0 bridgehead atoms. The van der Waals surface area contributed by atoms with Crippen LogP contribution < -0.4 is 10.9 Å². The Morgan fingerprint density at radius 2 is 2.04 bits per heavy atom. The molecule has 120 valence electrons. The lowest BCUT2D eigenvalue weighted by Gasteiger charge is -2.11. The second-order valence-electron chi connectivity index (χ2n) is 4.99. The van der Waals surface area contributed by atoms with Gasteiger partial charge in [0.2, 0.25) is 5.91 Å². The summed E-state index contributed by atoms with van der Waals surface area (Å²) in [5.41, 5.74) is 1.38. The Balaban J connectivity index is 2.19. The second-order valence-corrected chi connectivity index (χ2v) is 5.77. The minimum Gasteiger partial charge on any atom is -0.325 e. The van der Waals surface area contributed by atoms with Crippen LogP contribution in [-0.4, -0.2) is 27.5 Å². The number of thioether (sulfide) groups is 1. The van der Waals surface area contributed by atoms with Gasteiger partial charge in [-0.3, -0.25) is 19.0 Å². The molecule has 0 spiro atoms. The van der Waals surface area contributed by atoms with Crippen molar-refractivity contribution in [3.8, 4) is 0 Å². The molecule has 1 aromatic carbocycles. The highest BCUT2D eigenvalue weighted by molar-refractivity contribution is 7.98. The first-order valence-corrected chi connectivity index (χ1v) is 8.16. The largest absolute Gasteiger partial charge is 0.325 e. The molecule has 1 heterocycles. The summed E-state index contributed by atoms with van der Waals surface area (Å²) in [5, 5.41) is 3.18. The number of hydrogen-bond acceptors (Lipinski definition) is 5. The Labute approximate surface area is 137 Å². The van der Waals surface area contributed by atoms with Crippen LogP contribution in [0.2, 0.25) is 0 Å². The molecule has 0 saturated carbocycles. The minimum absolute atomic E-state index is 0.0790. The lowest BCUT2D eigenvalue weighted by atomic mass is 10.1. The van der Waals surface area contributed by atoms with Crippen LogP contribution in [0.3, 0.4) is 0 Å². The van der Waals surface area contributed by atoms with E-state index < -0.39 is 0 Å². The molecule has 6 nitrogen and oxygen atoms in total. The number of aromatic nitrogens is 2. The van der Waals surface area contributed by atoms with Gasteiger partial charge in [0.1, 0.15) is 6.54 Å². The van der Waals surface area contributed by atoms with Crippen molar-refractivity contribution in [1.82, 2.24) is 9.55 Å². The average molecular weight is 331 g/mol. The molecule has 2 rings (SSSR count). The molecular weight excluding hydrogens is 314 g/mol. The van der Waals surface area contributed by atoms with Crippen molar-refractivity contribution in [1.29, 1.82) is 0 Å². The maximum atomic E-state index is 12.2. The summed E-state index contributed by atoms with van der Waals surface area (Å²) in [6.45, 7) is 3.06. The Morgan fingerprint density at radius 3 is 2.70 bits per heavy atom. The zero-order chi connectivity index (χ0) is 17.0. The number of nitrogens with one attached hydrogen (secondary N) is 1. The highest BCUT2D eigenvalue weighted by Gasteiger charge is 2.11. The standard InChI is InChI=1S/C16H17N3O3S/c1-10-7-15(22)19(16(17-10)23-3)9-14(21)18-13-6-4-5-12(8-13)11(2)20/h4-8H,9H2,1-3H3,(H,18,21). The van der Waals surface area contributed by atoms with Crippen LogP contribution in [0.15, 0.2) is 40.3 Å². The molecule has 0 saturated heterocycles. The lowest BCUT2D eigenvalue weighted by molar-refractivity contribution is -0.116. The Bertz CT molecular complexity index is 814. The van der Waals surface area contributed by atoms with Gasteiger partial charge >= 0.3 is 0 Å². The van der Waals surface area contributed by atoms with E-state index in [2.05, 4.69) is 10.3 Å². The quantitative estimate of drug-likeness (QED) is 0.515. The zero-order valence-electron chi connectivity index (χ0n) is 13.1. The zero-order valence-corrected chi connectivity index (χ0v) is 13.9. The number of rotatable bonds is 5. The lowest BCUT2D eigenvalue weighted by Crippen LogP contribution is -2.29.